The Bertz CT molecular complexity index is 1070. The highest BCUT2D eigenvalue weighted by molar-refractivity contribution is 6.32. The van der Waals surface area contributed by atoms with Crippen molar-refractivity contribution in [2.24, 2.45) is 0 Å². The molecule has 0 atom stereocenters. The third-order valence-corrected chi connectivity index (χ3v) is 4.63. The smallest absolute Gasteiger partial charge is 0.277 e. The first-order valence-corrected chi connectivity index (χ1v) is 10.3. The first-order chi connectivity index (χ1) is 15.5. The Hall–Kier alpha value is -3.08. The molecule has 9 nitrogen and oxygen atoms in total. The SMILES string of the molecule is CCOc1cc(CNCCNC(=O)c2nonc2N)cc(Cl)c1OCc1ccccc1F.[Cl-]. The van der Waals surface area contributed by atoms with Crippen LogP contribution in [0.25, 0.3) is 0 Å². The number of hydrogen-bond donors (Lipinski definition) is 3. The third kappa shape index (κ3) is 7.21. The maximum absolute atomic E-state index is 13.9. The number of carbonyl (C=O) groups excluding carboxylic acids is 1. The molecule has 1 heterocycles. The van der Waals surface area contributed by atoms with E-state index in [1.807, 2.05) is 6.92 Å². The lowest BCUT2D eigenvalue weighted by Crippen LogP contribution is -3.00. The highest BCUT2D eigenvalue weighted by Crippen LogP contribution is 2.37. The first kappa shape index (κ1) is 26.2. The second-order valence-corrected chi connectivity index (χ2v) is 7.06. The molecule has 0 unspecified atom stereocenters. The van der Waals surface area contributed by atoms with E-state index in [1.54, 1.807) is 30.3 Å². The highest BCUT2D eigenvalue weighted by atomic mass is 35.5. The topological polar surface area (TPSA) is 125 Å². The van der Waals surface area contributed by atoms with Crippen LogP contribution in [-0.2, 0) is 13.2 Å². The van der Waals surface area contributed by atoms with Crippen molar-refractivity contribution in [3.05, 3.63) is 64.1 Å². The number of carbonyl (C=O) groups is 1. The zero-order valence-electron chi connectivity index (χ0n) is 17.7. The van der Waals surface area contributed by atoms with E-state index in [2.05, 4.69) is 25.6 Å². The lowest BCUT2D eigenvalue weighted by molar-refractivity contribution is -0.0000167. The van der Waals surface area contributed by atoms with Gasteiger partial charge < -0.3 is 38.2 Å². The molecule has 1 amide bonds. The summed E-state index contributed by atoms with van der Waals surface area (Å²) in [4.78, 5) is 11.9. The average molecular weight is 499 g/mol. The van der Waals surface area contributed by atoms with Gasteiger partial charge in [-0.1, -0.05) is 29.8 Å². The molecule has 0 fully saturated rings. The van der Waals surface area contributed by atoms with Crippen LogP contribution in [0, 0.1) is 5.82 Å². The molecular formula is C21H23Cl2FN5O4-. The summed E-state index contributed by atoms with van der Waals surface area (Å²) in [5, 5.41) is 13.0. The van der Waals surface area contributed by atoms with Gasteiger partial charge in [-0.15, -0.1) is 0 Å². The minimum absolute atomic E-state index is 0. The maximum atomic E-state index is 13.9. The molecule has 0 radical (unpaired) electrons. The first-order valence-electron chi connectivity index (χ1n) is 9.88. The van der Waals surface area contributed by atoms with E-state index in [0.717, 1.165) is 5.56 Å². The van der Waals surface area contributed by atoms with Crippen molar-refractivity contribution < 1.29 is 35.7 Å². The van der Waals surface area contributed by atoms with E-state index in [1.165, 1.54) is 6.07 Å². The molecule has 0 aliphatic rings. The number of nitrogen functional groups attached to an aromatic ring is 1. The van der Waals surface area contributed by atoms with Crippen LogP contribution in [-0.4, -0.2) is 35.9 Å². The number of hydrogen-bond acceptors (Lipinski definition) is 8. The van der Waals surface area contributed by atoms with Gasteiger partial charge in [0.2, 0.25) is 11.5 Å². The summed E-state index contributed by atoms with van der Waals surface area (Å²) < 4.78 is 29.7. The van der Waals surface area contributed by atoms with Crippen LogP contribution in [0.3, 0.4) is 0 Å². The van der Waals surface area contributed by atoms with Crippen LogP contribution < -0.4 is 38.2 Å². The van der Waals surface area contributed by atoms with Crippen LogP contribution >= 0.6 is 11.6 Å². The minimum atomic E-state index is -0.469. The van der Waals surface area contributed by atoms with Crippen molar-refractivity contribution in [1.29, 1.82) is 0 Å². The number of halogens is 3. The van der Waals surface area contributed by atoms with Crippen molar-refractivity contribution in [2.75, 3.05) is 25.4 Å². The molecule has 0 bridgehead atoms. The number of aromatic nitrogens is 2. The molecule has 0 spiro atoms. The minimum Gasteiger partial charge on any atom is -1.00 e. The molecule has 178 valence electrons. The van der Waals surface area contributed by atoms with Gasteiger partial charge in [0, 0.05) is 25.2 Å². The summed E-state index contributed by atoms with van der Waals surface area (Å²) in [5.41, 5.74) is 6.70. The predicted octanol–water partition coefficient (Wildman–Crippen LogP) is -0.0544. The number of amides is 1. The molecule has 3 aromatic rings. The fraction of sp³-hybridized carbons (Fsp3) is 0.286. The normalized spacial score (nSPS) is 10.4. The van der Waals surface area contributed by atoms with E-state index < -0.39 is 5.91 Å². The number of rotatable bonds is 11. The molecule has 0 aliphatic carbocycles. The molecule has 12 heteroatoms. The largest absolute Gasteiger partial charge is 1.00 e. The quantitative estimate of drug-likeness (QED) is 0.314. The van der Waals surface area contributed by atoms with Gasteiger partial charge >= 0.3 is 0 Å². The van der Waals surface area contributed by atoms with Crippen LogP contribution in [0.5, 0.6) is 11.5 Å². The molecular weight excluding hydrogens is 476 g/mol. The van der Waals surface area contributed by atoms with Crippen LogP contribution in [0.4, 0.5) is 10.2 Å². The molecule has 33 heavy (non-hydrogen) atoms. The Morgan fingerprint density at radius 3 is 2.70 bits per heavy atom. The lowest BCUT2D eigenvalue weighted by atomic mass is 10.2. The molecule has 1 aromatic heterocycles. The number of benzene rings is 2. The molecule has 0 saturated heterocycles. The van der Waals surface area contributed by atoms with Crippen molar-refractivity contribution in [3.63, 3.8) is 0 Å². The fourth-order valence-corrected chi connectivity index (χ4v) is 3.11. The van der Waals surface area contributed by atoms with Gasteiger partial charge in [0.1, 0.15) is 12.4 Å². The van der Waals surface area contributed by atoms with Crippen LogP contribution in [0.1, 0.15) is 28.5 Å². The van der Waals surface area contributed by atoms with Gasteiger partial charge in [0.15, 0.2) is 11.5 Å². The monoisotopic (exact) mass is 498 g/mol. The van der Waals surface area contributed by atoms with Gasteiger partial charge in [-0.3, -0.25) is 4.79 Å². The molecule has 0 saturated carbocycles. The average Bonchev–Trinajstić information content (AvgIpc) is 3.20. The van der Waals surface area contributed by atoms with Crippen molar-refractivity contribution in [1.82, 2.24) is 20.9 Å². The Kier molecular flexibility index (Phi) is 10.2. The van der Waals surface area contributed by atoms with E-state index in [9.17, 15) is 9.18 Å². The van der Waals surface area contributed by atoms with E-state index in [4.69, 9.17) is 26.8 Å². The van der Waals surface area contributed by atoms with Gasteiger partial charge in [0.05, 0.1) is 11.6 Å². The lowest BCUT2D eigenvalue weighted by Gasteiger charge is -2.16. The zero-order valence-corrected chi connectivity index (χ0v) is 19.3. The number of ether oxygens (including phenoxy) is 2. The summed E-state index contributed by atoms with van der Waals surface area (Å²) in [6, 6.07) is 9.92. The Morgan fingerprint density at radius 1 is 1.21 bits per heavy atom. The number of nitrogens with one attached hydrogen (secondary N) is 2. The van der Waals surface area contributed by atoms with Gasteiger partial charge in [-0.2, -0.15) is 0 Å². The van der Waals surface area contributed by atoms with E-state index >= 15 is 0 Å². The summed E-state index contributed by atoms with van der Waals surface area (Å²) in [6.45, 7) is 3.56. The fourth-order valence-electron chi connectivity index (χ4n) is 2.83. The number of nitrogens with zero attached hydrogens (tertiary/aromatic N) is 2. The van der Waals surface area contributed by atoms with Crippen LogP contribution in [0.15, 0.2) is 41.0 Å². The molecule has 3 rings (SSSR count). The Morgan fingerprint density at radius 2 is 2.00 bits per heavy atom. The standard InChI is InChI=1S/C21H23ClFN5O4.ClH/c1-2-30-17-10-13(11-25-7-8-26-21(29)18-20(24)28-32-27-18)9-15(22)19(17)31-12-14-5-3-4-6-16(14)23;/h3-6,9-10,25H,2,7-8,11-12H2,1H3,(H2,24,28)(H,26,29);1H/p-1. The Labute approximate surface area is 201 Å². The maximum Gasteiger partial charge on any atom is 0.277 e. The van der Waals surface area contributed by atoms with Crippen molar-refractivity contribution in [3.8, 4) is 11.5 Å². The number of anilines is 1. The summed E-state index contributed by atoms with van der Waals surface area (Å²) in [5.74, 6) is -0.0616. The van der Waals surface area contributed by atoms with Gasteiger partial charge in [0.25, 0.3) is 5.91 Å². The number of nitrogens with two attached hydrogens (primary N) is 1. The molecule has 0 aliphatic heterocycles. The predicted molar refractivity (Wildman–Crippen MR) is 116 cm³/mol. The molecule has 4 N–H and O–H groups in total. The summed E-state index contributed by atoms with van der Waals surface area (Å²) in [7, 11) is 0. The van der Waals surface area contributed by atoms with Crippen LogP contribution in [0.2, 0.25) is 5.02 Å². The van der Waals surface area contributed by atoms with Gasteiger partial charge in [-0.05, 0) is 41.0 Å². The molecule has 2 aromatic carbocycles. The van der Waals surface area contributed by atoms with Gasteiger partial charge in [-0.25, -0.2) is 9.02 Å². The summed E-state index contributed by atoms with van der Waals surface area (Å²) in [6.07, 6.45) is 0. The zero-order chi connectivity index (χ0) is 22.9. The van der Waals surface area contributed by atoms with E-state index in [-0.39, 0.29) is 36.3 Å². The second kappa shape index (κ2) is 12.8. The third-order valence-electron chi connectivity index (χ3n) is 4.34. The van der Waals surface area contributed by atoms with Crippen molar-refractivity contribution in [2.45, 2.75) is 20.1 Å². The van der Waals surface area contributed by atoms with Crippen molar-refractivity contribution >= 4 is 23.3 Å². The second-order valence-electron chi connectivity index (χ2n) is 6.65. The summed E-state index contributed by atoms with van der Waals surface area (Å²) >= 11 is 6.41. The van der Waals surface area contributed by atoms with E-state index in [0.29, 0.717) is 48.3 Å². The highest BCUT2D eigenvalue weighted by Gasteiger charge is 2.16. The Balaban J connectivity index is 0.00000385.